The summed E-state index contributed by atoms with van der Waals surface area (Å²) in [5, 5.41) is 19.1. The quantitative estimate of drug-likeness (QED) is 0.809. The summed E-state index contributed by atoms with van der Waals surface area (Å²) in [5.74, 6) is -1.19. The molecule has 0 radical (unpaired) electrons. The number of aromatic carboxylic acids is 1. The highest BCUT2D eigenvalue weighted by Gasteiger charge is 2.10. The second-order valence-electron chi connectivity index (χ2n) is 3.54. The van der Waals surface area contributed by atoms with Crippen LogP contribution in [0, 0.1) is 0 Å². The summed E-state index contributed by atoms with van der Waals surface area (Å²) in [6, 6.07) is 6.59. The summed E-state index contributed by atoms with van der Waals surface area (Å²) in [6.07, 6.45) is 0.857. The Kier molecular flexibility index (Phi) is 2.48. The van der Waals surface area contributed by atoms with E-state index in [1.54, 1.807) is 6.07 Å². The van der Waals surface area contributed by atoms with Gasteiger partial charge in [0.1, 0.15) is 5.75 Å². The standard InChI is InChI=1S/C12H11NO3/c1-2-7-3-4-9-8(5-7)11(14)6-10(13-9)12(15)16/h3-6H,2H2,1H3,(H,13,14)(H,15,16). The third-order valence-electron chi connectivity index (χ3n) is 2.48. The summed E-state index contributed by atoms with van der Waals surface area (Å²) >= 11 is 0. The maximum absolute atomic E-state index is 10.7. The molecule has 4 heteroatoms. The van der Waals surface area contributed by atoms with E-state index in [2.05, 4.69) is 4.98 Å². The number of fused-ring (bicyclic) bond motifs is 1. The van der Waals surface area contributed by atoms with Crippen molar-refractivity contribution in [3.63, 3.8) is 0 Å². The van der Waals surface area contributed by atoms with Crippen LogP contribution in [-0.4, -0.2) is 21.2 Å². The van der Waals surface area contributed by atoms with E-state index in [0.29, 0.717) is 10.9 Å². The first-order valence-corrected chi connectivity index (χ1v) is 4.97. The number of hydrogen-bond donors (Lipinski definition) is 2. The molecular formula is C12H11NO3. The van der Waals surface area contributed by atoms with Gasteiger partial charge in [0.2, 0.25) is 0 Å². The predicted molar refractivity (Wildman–Crippen MR) is 59.7 cm³/mol. The van der Waals surface area contributed by atoms with Gasteiger partial charge < -0.3 is 10.2 Å². The number of aromatic nitrogens is 1. The number of nitrogens with zero attached hydrogens (tertiary/aromatic N) is 1. The van der Waals surface area contributed by atoms with Crippen LogP contribution in [0.25, 0.3) is 10.9 Å². The van der Waals surface area contributed by atoms with Gasteiger partial charge in [0, 0.05) is 11.5 Å². The lowest BCUT2D eigenvalue weighted by molar-refractivity contribution is 0.0690. The Bertz CT molecular complexity index is 563. The van der Waals surface area contributed by atoms with Gasteiger partial charge in [-0.3, -0.25) is 0 Å². The molecule has 2 rings (SSSR count). The largest absolute Gasteiger partial charge is 0.507 e. The van der Waals surface area contributed by atoms with E-state index >= 15 is 0 Å². The molecule has 1 aromatic heterocycles. The summed E-state index contributed by atoms with van der Waals surface area (Å²) in [7, 11) is 0. The average molecular weight is 217 g/mol. The van der Waals surface area contributed by atoms with Crippen molar-refractivity contribution in [1.29, 1.82) is 0 Å². The second kappa shape index (κ2) is 3.81. The first kappa shape index (κ1) is 10.4. The second-order valence-corrected chi connectivity index (χ2v) is 3.54. The molecular weight excluding hydrogens is 206 g/mol. The van der Waals surface area contributed by atoms with Crippen LogP contribution in [0.15, 0.2) is 24.3 Å². The predicted octanol–water partition coefficient (Wildman–Crippen LogP) is 2.20. The van der Waals surface area contributed by atoms with Gasteiger partial charge in [0.15, 0.2) is 5.69 Å². The number of rotatable bonds is 2. The van der Waals surface area contributed by atoms with E-state index in [4.69, 9.17) is 5.11 Å². The number of carbonyl (C=O) groups is 1. The van der Waals surface area contributed by atoms with Crippen molar-refractivity contribution in [3.05, 3.63) is 35.5 Å². The van der Waals surface area contributed by atoms with E-state index < -0.39 is 5.97 Å². The van der Waals surface area contributed by atoms with Crippen molar-refractivity contribution < 1.29 is 15.0 Å². The van der Waals surface area contributed by atoms with Crippen LogP contribution >= 0.6 is 0 Å². The van der Waals surface area contributed by atoms with E-state index in [9.17, 15) is 9.90 Å². The molecule has 16 heavy (non-hydrogen) atoms. The Morgan fingerprint density at radius 2 is 2.12 bits per heavy atom. The molecule has 0 aliphatic carbocycles. The van der Waals surface area contributed by atoms with Gasteiger partial charge in [-0.25, -0.2) is 9.78 Å². The van der Waals surface area contributed by atoms with Gasteiger partial charge in [-0.15, -0.1) is 0 Å². The van der Waals surface area contributed by atoms with Gasteiger partial charge in [0.05, 0.1) is 5.52 Å². The van der Waals surface area contributed by atoms with Crippen molar-refractivity contribution in [2.75, 3.05) is 0 Å². The highest BCUT2D eigenvalue weighted by molar-refractivity contribution is 5.93. The minimum atomic E-state index is -1.14. The van der Waals surface area contributed by atoms with Crippen LogP contribution in [0.5, 0.6) is 5.75 Å². The van der Waals surface area contributed by atoms with Crippen molar-refractivity contribution >= 4 is 16.9 Å². The Hall–Kier alpha value is -2.10. The van der Waals surface area contributed by atoms with Gasteiger partial charge >= 0.3 is 5.97 Å². The molecule has 1 heterocycles. The molecule has 0 amide bonds. The van der Waals surface area contributed by atoms with Crippen molar-refractivity contribution in [3.8, 4) is 5.75 Å². The normalized spacial score (nSPS) is 10.6. The lowest BCUT2D eigenvalue weighted by Gasteiger charge is -2.04. The van der Waals surface area contributed by atoms with E-state index in [-0.39, 0.29) is 11.4 Å². The zero-order valence-corrected chi connectivity index (χ0v) is 8.77. The van der Waals surface area contributed by atoms with Crippen molar-refractivity contribution in [1.82, 2.24) is 4.98 Å². The number of aryl methyl sites for hydroxylation is 1. The number of pyridine rings is 1. The zero-order valence-electron chi connectivity index (χ0n) is 8.77. The molecule has 0 aliphatic rings. The van der Waals surface area contributed by atoms with E-state index in [0.717, 1.165) is 12.0 Å². The van der Waals surface area contributed by atoms with Gasteiger partial charge in [-0.05, 0) is 24.1 Å². The molecule has 0 saturated heterocycles. The van der Waals surface area contributed by atoms with Crippen LogP contribution < -0.4 is 0 Å². The third kappa shape index (κ3) is 1.69. The summed E-state index contributed by atoms with van der Waals surface area (Å²) in [6.45, 7) is 2.01. The van der Waals surface area contributed by atoms with E-state index in [1.165, 1.54) is 6.07 Å². The number of carboxylic acids is 1. The van der Waals surface area contributed by atoms with Crippen LogP contribution in [0.4, 0.5) is 0 Å². The molecule has 0 bridgehead atoms. The van der Waals surface area contributed by atoms with Gasteiger partial charge in [-0.1, -0.05) is 13.0 Å². The first-order chi connectivity index (χ1) is 7.61. The molecule has 2 aromatic rings. The Balaban J connectivity index is 2.71. The van der Waals surface area contributed by atoms with Crippen LogP contribution in [0.3, 0.4) is 0 Å². The first-order valence-electron chi connectivity index (χ1n) is 4.97. The molecule has 0 spiro atoms. The SMILES string of the molecule is CCc1ccc2nc(C(=O)O)cc(O)c2c1. The topological polar surface area (TPSA) is 70.4 Å². The summed E-state index contributed by atoms with van der Waals surface area (Å²) in [5.41, 5.74) is 1.43. The third-order valence-corrected chi connectivity index (χ3v) is 2.48. The van der Waals surface area contributed by atoms with Crippen molar-refractivity contribution in [2.45, 2.75) is 13.3 Å². The van der Waals surface area contributed by atoms with Crippen molar-refractivity contribution in [2.24, 2.45) is 0 Å². The van der Waals surface area contributed by atoms with Crippen LogP contribution in [0.2, 0.25) is 0 Å². The molecule has 0 unspecified atom stereocenters. The number of benzene rings is 1. The monoisotopic (exact) mass is 217 g/mol. The van der Waals surface area contributed by atoms with Crippen LogP contribution in [-0.2, 0) is 6.42 Å². The fourth-order valence-corrected chi connectivity index (χ4v) is 1.58. The van der Waals surface area contributed by atoms with Gasteiger partial charge in [-0.2, -0.15) is 0 Å². The maximum atomic E-state index is 10.7. The molecule has 0 atom stereocenters. The molecule has 82 valence electrons. The zero-order chi connectivity index (χ0) is 11.7. The fraction of sp³-hybridized carbons (Fsp3) is 0.167. The smallest absolute Gasteiger partial charge is 0.354 e. The molecule has 0 fully saturated rings. The average Bonchev–Trinajstić information content (AvgIpc) is 2.28. The number of aromatic hydroxyl groups is 1. The molecule has 0 aliphatic heterocycles. The van der Waals surface area contributed by atoms with E-state index in [1.807, 2.05) is 19.1 Å². The van der Waals surface area contributed by atoms with Crippen LogP contribution in [0.1, 0.15) is 23.0 Å². The molecule has 2 N–H and O–H groups in total. The minimum Gasteiger partial charge on any atom is -0.507 e. The lowest BCUT2D eigenvalue weighted by atomic mass is 10.1. The number of carboxylic acid groups (broad SMARTS) is 1. The Labute approximate surface area is 92.2 Å². The minimum absolute atomic E-state index is 0.0438. The lowest BCUT2D eigenvalue weighted by Crippen LogP contribution is -2.00. The fourth-order valence-electron chi connectivity index (χ4n) is 1.58. The Morgan fingerprint density at radius 1 is 1.38 bits per heavy atom. The maximum Gasteiger partial charge on any atom is 0.354 e. The highest BCUT2D eigenvalue weighted by Crippen LogP contribution is 2.25. The summed E-state index contributed by atoms with van der Waals surface area (Å²) < 4.78 is 0. The highest BCUT2D eigenvalue weighted by atomic mass is 16.4. The molecule has 4 nitrogen and oxygen atoms in total. The molecule has 1 aromatic carbocycles. The van der Waals surface area contributed by atoms with Gasteiger partial charge in [0.25, 0.3) is 0 Å². The number of hydrogen-bond acceptors (Lipinski definition) is 3. The molecule has 0 saturated carbocycles. The Morgan fingerprint density at radius 3 is 2.75 bits per heavy atom. The summed E-state index contributed by atoms with van der Waals surface area (Å²) in [4.78, 5) is 14.7.